The second-order valence-corrected chi connectivity index (χ2v) is 3.29. The molecule has 0 fully saturated rings. The standard InChI is InChI=1S/C9H13N5/c1-3-4-6-13-7-8(10)11-5(2)12-9(7)14-6/h3-4H2,1-2H3,(H3,10,11,12,13,14). The van der Waals surface area contributed by atoms with E-state index in [4.69, 9.17) is 5.73 Å². The fraction of sp³-hybridized carbons (Fsp3) is 0.444. The van der Waals surface area contributed by atoms with E-state index in [0.29, 0.717) is 17.2 Å². The fourth-order valence-corrected chi connectivity index (χ4v) is 1.44. The molecule has 2 aromatic heterocycles. The Morgan fingerprint density at radius 3 is 2.79 bits per heavy atom. The second-order valence-electron chi connectivity index (χ2n) is 3.29. The smallest absolute Gasteiger partial charge is 0.163 e. The van der Waals surface area contributed by atoms with Crippen LogP contribution < -0.4 is 5.73 Å². The molecule has 0 amide bonds. The van der Waals surface area contributed by atoms with Crippen molar-refractivity contribution < 1.29 is 0 Å². The molecule has 0 unspecified atom stereocenters. The number of fused-ring (bicyclic) bond motifs is 1. The molecule has 0 saturated carbocycles. The Balaban J connectivity index is 2.58. The maximum Gasteiger partial charge on any atom is 0.163 e. The van der Waals surface area contributed by atoms with E-state index in [9.17, 15) is 0 Å². The molecule has 0 bridgehead atoms. The number of anilines is 1. The van der Waals surface area contributed by atoms with Gasteiger partial charge in [0.1, 0.15) is 17.2 Å². The molecule has 0 spiro atoms. The highest BCUT2D eigenvalue weighted by Crippen LogP contribution is 2.15. The highest BCUT2D eigenvalue weighted by atomic mass is 15.1. The van der Waals surface area contributed by atoms with Crippen LogP contribution in [0.1, 0.15) is 25.0 Å². The molecule has 14 heavy (non-hydrogen) atoms. The minimum absolute atomic E-state index is 0.450. The van der Waals surface area contributed by atoms with Crippen LogP contribution in [0.15, 0.2) is 0 Å². The monoisotopic (exact) mass is 191 g/mol. The van der Waals surface area contributed by atoms with Crippen LogP contribution in [-0.4, -0.2) is 19.9 Å². The molecular formula is C9H13N5. The normalized spacial score (nSPS) is 11.0. The van der Waals surface area contributed by atoms with Crippen LogP contribution in [-0.2, 0) is 6.42 Å². The highest BCUT2D eigenvalue weighted by Gasteiger charge is 2.07. The minimum atomic E-state index is 0.450. The van der Waals surface area contributed by atoms with Crippen molar-refractivity contribution in [1.82, 2.24) is 19.9 Å². The molecule has 0 aromatic carbocycles. The molecular weight excluding hydrogens is 178 g/mol. The zero-order chi connectivity index (χ0) is 10.1. The van der Waals surface area contributed by atoms with E-state index in [0.717, 1.165) is 24.3 Å². The van der Waals surface area contributed by atoms with Crippen molar-refractivity contribution in [1.29, 1.82) is 0 Å². The van der Waals surface area contributed by atoms with Crippen molar-refractivity contribution in [2.24, 2.45) is 0 Å². The number of nitrogens with two attached hydrogens (primary N) is 1. The molecule has 5 heteroatoms. The average Bonchev–Trinajstić information content (AvgIpc) is 2.48. The van der Waals surface area contributed by atoms with Crippen molar-refractivity contribution in [2.45, 2.75) is 26.7 Å². The van der Waals surface area contributed by atoms with Crippen molar-refractivity contribution >= 4 is 17.0 Å². The van der Waals surface area contributed by atoms with E-state index >= 15 is 0 Å². The van der Waals surface area contributed by atoms with Crippen molar-refractivity contribution in [2.75, 3.05) is 5.73 Å². The highest BCUT2D eigenvalue weighted by molar-refractivity contribution is 5.81. The number of aromatic nitrogens is 4. The SMILES string of the molecule is CCCc1nc2c(N)nc(C)nc2[nH]1. The van der Waals surface area contributed by atoms with Gasteiger partial charge in [0.25, 0.3) is 0 Å². The molecule has 5 nitrogen and oxygen atoms in total. The number of nitrogens with one attached hydrogen (secondary N) is 1. The van der Waals surface area contributed by atoms with Gasteiger partial charge in [-0.1, -0.05) is 6.92 Å². The predicted molar refractivity (Wildman–Crippen MR) is 54.8 cm³/mol. The van der Waals surface area contributed by atoms with Crippen molar-refractivity contribution in [3.63, 3.8) is 0 Å². The van der Waals surface area contributed by atoms with Gasteiger partial charge >= 0.3 is 0 Å². The van der Waals surface area contributed by atoms with E-state index in [-0.39, 0.29) is 0 Å². The van der Waals surface area contributed by atoms with Gasteiger partial charge in [0.15, 0.2) is 11.5 Å². The Kier molecular flexibility index (Phi) is 2.07. The number of hydrogen-bond donors (Lipinski definition) is 2. The van der Waals surface area contributed by atoms with E-state index in [1.807, 2.05) is 6.92 Å². The van der Waals surface area contributed by atoms with Gasteiger partial charge in [-0.3, -0.25) is 0 Å². The van der Waals surface area contributed by atoms with E-state index < -0.39 is 0 Å². The summed E-state index contributed by atoms with van der Waals surface area (Å²) in [7, 11) is 0. The molecule has 0 saturated heterocycles. The largest absolute Gasteiger partial charge is 0.382 e. The lowest BCUT2D eigenvalue weighted by molar-refractivity contribution is 0.860. The van der Waals surface area contributed by atoms with Gasteiger partial charge in [0.05, 0.1) is 0 Å². The van der Waals surface area contributed by atoms with E-state index in [2.05, 4.69) is 26.9 Å². The molecule has 0 aliphatic rings. The van der Waals surface area contributed by atoms with Gasteiger partial charge in [-0.2, -0.15) is 0 Å². The fourth-order valence-electron chi connectivity index (χ4n) is 1.44. The van der Waals surface area contributed by atoms with Gasteiger partial charge in [-0.05, 0) is 13.3 Å². The molecule has 0 aliphatic carbocycles. The number of H-pyrrole nitrogens is 1. The Labute approximate surface area is 81.8 Å². The first-order chi connectivity index (χ1) is 6.70. The molecule has 3 N–H and O–H groups in total. The summed E-state index contributed by atoms with van der Waals surface area (Å²) in [5, 5.41) is 0. The molecule has 0 radical (unpaired) electrons. The van der Waals surface area contributed by atoms with Crippen LogP contribution >= 0.6 is 0 Å². The van der Waals surface area contributed by atoms with Gasteiger partial charge < -0.3 is 10.7 Å². The Morgan fingerprint density at radius 2 is 2.07 bits per heavy atom. The maximum atomic E-state index is 5.73. The average molecular weight is 191 g/mol. The molecule has 2 aromatic rings. The third-order valence-corrected chi connectivity index (χ3v) is 2.02. The van der Waals surface area contributed by atoms with Gasteiger partial charge in [-0.25, -0.2) is 15.0 Å². The number of nitrogens with zero attached hydrogens (tertiary/aromatic N) is 3. The number of aryl methyl sites for hydroxylation is 2. The molecule has 0 atom stereocenters. The first-order valence-electron chi connectivity index (χ1n) is 4.69. The number of nitrogen functional groups attached to an aromatic ring is 1. The quantitative estimate of drug-likeness (QED) is 0.747. The first-order valence-corrected chi connectivity index (χ1v) is 4.69. The van der Waals surface area contributed by atoms with Crippen LogP contribution in [0, 0.1) is 6.92 Å². The lowest BCUT2D eigenvalue weighted by Gasteiger charge is -1.94. The lowest BCUT2D eigenvalue weighted by Crippen LogP contribution is -1.96. The van der Waals surface area contributed by atoms with Crippen LogP contribution in [0.4, 0.5) is 5.82 Å². The topological polar surface area (TPSA) is 80.5 Å². The summed E-state index contributed by atoms with van der Waals surface area (Å²) in [5.74, 6) is 2.04. The number of imidazole rings is 1. The van der Waals surface area contributed by atoms with Gasteiger partial charge in [0.2, 0.25) is 0 Å². The first kappa shape index (κ1) is 8.93. The summed E-state index contributed by atoms with van der Waals surface area (Å²) in [6.07, 6.45) is 1.96. The predicted octanol–water partition coefficient (Wildman–Crippen LogP) is 1.20. The third-order valence-electron chi connectivity index (χ3n) is 2.02. The zero-order valence-corrected chi connectivity index (χ0v) is 8.33. The van der Waals surface area contributed by atoms with Crippen molar-refractivity contribution in [3.8, 4) is 0 Å². The number of hydrogen-bond acceptors (Lipinski definition) is 4. The van der Waals surface area contributed by atoms with Gasteiger partial charge in [0, 0.05) is 6.42 Å². The van der Waals surface area contributed by atoms with Crippen LogP contribution in [0.5, 0.6) is 0 Å². The van der Waals surface area contributed by atoms with E-state index in [1.54, 1.807) is 0 Å². The van der Waals surface area contributed by atoms with Gasteiger partial charge in [-0.15, -0.1) is 0 Å². The van der Waals surface area contributed by atoms with Crippen LogP contribution in [0.3, 0.4) is 0 Å². The Morgan fingerprint density at radius 1 is 1.29 bits per heavy atom. The van der Waals surface area contributed by atoms with Crippen LogP contribution in [0.25, 0.3) is 11.2 Å². The maximum absolute atomic E-state index is 5.73. The Bertz CT molecular complexity index is 459. The summed E-state index contributed by atoms with van der Waals surface area (Å²) >= 11 is 0. The molecule has 2 rings (SSSR count). The summed E-state index contributed by atoms with van der Waals surface area (Å²) in [5.41, 5.74) is 7.15. The molecule has 74 valence electrons. The Hall–Kier alpha value is -1.65. The molecule has 2 heterocycles. The summed E-state index contributed by atoms with van der Waals surface area (Å²) in [6, 6.07) is 0. The zero-order valence-electron chi connectivity index (χ0n) is 8.33. The molecule has 0 aliphatic heterocycles. The summed E-state index contributed by atoms with van der Waals surface area (Å²) in [6.45, 7) is 3.92. The second kappa shape index (κ2) is 3.25. The summed E-state index contributed by atoms with van der Waals surface area (Å²) < 4.78 is 0. The number of aromatic amines is 1. The number of rotatable bonds is 2. The van der Waals surface area contributed by atoms with Crippen molar-refractivity contribution in [3.05, 3.63) is 11.6 Å². The lowest BCUT2D eigenvalue weighted by atomic mass is 10.3. The minimum Gasteiger partial charge on any atom is -0.382 e. The van der Waals surface area contributed by atoms with Crippen LogP contribution in [0.2, 0.25) is 0 Å². The summed E-state index contributed by atoms with van der Waals surface area (Å²) in [4.78, 5) is 15.8. The van der Waals surface area contributed by atoms with E-state index in [1.165, 1.54) is 0 Å². The third kappa shape index (κ3) is 1.41.